The molecule has 0 aliphatic carbocycles. The van der Waals surface area contributed by atoms with Crippen LogP contribution in [0.15, 0.2) is 54.6 Å². The Morgan fingerprint density at radius 1 is 1.24 bits per heavy atom. The minimum absolute atomic E-state index is 0. The van der Waals surface area contributed by atoms with E-state index in [1.165, 1.54) is 28.8 Å². The summed E-state index contributed by atoms with van der Waals surface area (Å²) < 4.78 is 14.3. The van der Waals surface area contributed by atoms with Crippen LogP contribution in [-0.2, 0) is 32.2 Å². The lowest BCUT2D eigenvalue weighted by atomic mass is 9.79. The summed E-state index contributed by atoms with van der Waals surface area (Å²) in [7, 11) is 0. The number of aliphatic hydroxyl groups is 1. The highest BCUT2D eigenvalue weighted by Crippen LogP contribution is 2.52. The van der Waals surface area contributed by atoms with Crippen molar-refractivity contribution in [1.29, 1.82) is 0 Å². The lowest BCUT2D eigenvalue weighted by Crippen LogP contribution is -3.00. The second kappa shape index (κ2) is 16.5. The molecule has 45 heavy (non-hydrogen) atoms. The van der Waals surface area contributed by atoms with Crippen LogP contribution in [0.5, 0.6) is 0 Å². The molecule has 6 atom stereocenters. The number of imidazole rings is 1. The third-order valence-electron chi connectivity index (χ3n) is 8.20. The van der Waals surface area contributed by atoms with Gasteiger partial charge in [0.15, 0.2) is 0 Å². The Hall–Kier alpha value is -3.05. The van der Waals surface area contributed by atoms with Crippen LogP contribution >= 0.6 is 11.8 Å². The lowest BCUT2D eigenvalue weighted by Gasteiger charge is -2.46. The third-order valence-corrected chi connectivity index (χ3v) is 9.70. The Labute approximate surface area is 284 Å². The molecule has 2 fully saturated rings. The quantitative estimate of drug-likeness (QED) is 0.0681. The van der Waals surface area contributed by atoms with Gasteiger partial charge in [0.2, 0.25) is 12.2 Å². The Kier molecular flexibility index (Phi) is 13.3. The predicted molar refractivity (Wildman–Crippen MR) is 161 cm³/mol. The van der Waals surface area contributed by atoms with E-state index in [9.17, 15) is 29.4 Å². The van der Waals surface area contributed by atoms with E-state index in [1.807, 2.05) is 34.8 Å². The molecule has 13 nitrogen and oxygen atoms in total. The minimum atomic E-state index is -1.17. The van der Waals surface area contributed by atoms with Gasteiger partial charge in [0, 0.05) is 48.0 Å². The molecule has 0 spiro atoms. The molecule has 3 aliphatic heterocycles. The first kappa shape index (κ1) is 36.4. The van der Waals surface area contributed by atoms with E-state index in [0.717, 1.165) is 6.42 Å². The number of alkyl carbamates (subject to hydrolysis) is 1. The molecule has 0 saturated carbocycles. The number of aromatic nitrogens is 2. The summed E-state index contributed by atoms with van der Waals surface area (Å²) in [6, 6.07) is -0.523. The molecule has 1 aromatic rings. The minimum Gasteiger partial charge on any atom is -1.00 e. The highest BCUT2D eigenvalue weighted by molar-refractivity contribution is 8.03. The molecule has 4 rings (SSSR count). The fourth-order valence-corrected chi connectivity index (χ4v) is 7.73. The summed E-state index contributed by atoms with van der Waals surface area (Å²) in [6.45, 7) is 13.0. The van der Waals surface area contributed by atoms with Crippen LogP contribution in [0, 0.1) is 11.8 Å². The molecule has 3 N–H and O–H groups in total. The molecule has 1 aromatic heterocycles. The zero-order chi connectivity index (χ0) is 32.0. The highest BCUT2D eigenvalue weighted by Gasteiger charge is 2.60. The lowest BCUT2D eigenvalue weighted by molar-refractivity contribution is -0.696. The van der Waals surface area contributed by atoms with Crippen molar-refractivity contribution in [2.75, 3.05) is 26.3 Å². The number of thioether (sulfide) groups is 1. The molecule has 248 valence electrons. The van der Waals surface area contributed by atoms with E-state index >= 15 is 0 Å². The van der Waals surface area contributed by atoms with Gasteiger partial charge in [-0.1, -0.05) is 32.2 Å². The Balaban J connectivity index is 0.00000552. The smallest absolute Gasteiger partial charge is 0.410 e. The normalized spacial score (nSPS) is 24.3. The van der Waals surface area contributed by atoms with Gasteiger partial charge in [-0.05, 0) is 13.3 Å². The number of halogens is 1. The SMILES string of the molecule is C=CCOC(=O)NCCC[n+]1ccn(CC[C@@H]2C[C@H](SC3=C(C(=O)O)N4C(=O)[C@H]([C@@H](C)O)[C@H]4[C@H]3C)CN2C(=O)OCC=C)c1.[I-]. The number of fused-ring (bicyclic) bond motifs is 1. The number of nitrogens with zero attached hydrogens (tertiary/aromatic N) is 4. The van der Waals surface area contributed by atoms with Crippen LogP contribution in [0.1, 0.15) is 33.1 Å². The molecule has 4 heterocycles. The average molecular weight is 760 g/mol. The Morgan fingerprint density at radius 3 is 2.62 bits per heavy atom. The van der Waals surface area contributed by atoms with Gasteiger partial charge in [0.05, 0.1) is 31.2 Å². The van der Waals surface area contributed by atoms with Crippen LogP contribution in [0.2, 0.25) is 0 Å². The first-order valence-electron chi connectivity index (χ1n) is 14.8. The summed E-state index contributed by atoms with van der Waals surface area (Å²) in [5.41, 5.74) is -0.0145. The van der Waals surface area contributed by atoms with Gasteiger partial charge in [0.25, 0.3) is 0 Å². The molecule has 0 bridgehead atoms. The number of aliphatic hydroxyl groups excluding tert-OH is 1. The maximum absolute atomic E-state index is 13.0. The number of ether oxygens (including phenoxy) is 2. The predicted octanol–water partition coefficient (Wildman–Crippen LogP) is -0.876. The first-order chi connectivity index (χ1) is 21.1. The van der Waals surface area contributed by atoms with Gasteiger partial charge in [-0.3, -0.25) is 4.79 Å². The third kappa shape index (κ3) is 8.41. The number of rotatable bonds is 15. The summed E-state index contributed by atoms with van der Waals surface area (Å²) in [6.07, 6.45) is 9.12. The Bertz CT molecular complexity index is 1300. The van der Waals surface area contributed by atoms with Gasteiger partial charge in [-0.15, -0.1) is 11.8 Å². The summed E-state index contributed by atoms with van der Waals surface area (Å²) in [5.74, 6) is -2.40. The molecular formula is C30H42IN5O8S. The number of carboxylic acids is 1. The fraction of sp³-hybridized carbons (Fsp3) is 0.567. The van der Waals surface area contributed by atoms with Crippen molar-refractivity contribution >= 4 is 35.8 Å². The summed E-state index contributed by atoms with van der Waals surface area (Å²) in [5, 5.41) is 22.8. The van der Waals surface area contributed by atoms with Crippen LogP contribution < -0.4 is 33.9 Å². The van der Waals surface area contributed by atoms with E-state index in [-0.39, 0.29) is 72.0 Å². The number of hydrogen-bond acceptors (Lipinski definition) is 8. The maximum atomic E-state index is 13.0. The van der Waals surface area contributed by atoms with Crippen LogP contribution in [0.4, 0.5) is 9.59 Å². The average Bonchev–Trinajstić information content (AvgIpc) is 3.67. The number of β-lactam (4-membered cyclic amide) rings is 1. The van der Waals surface area contributed by atoms with Crippen molar-refractivity contribution in [3.63, 3.8) is 0 Å². The van der Waals surface area contributed by atoms with E-state index in [4.69, 9.17) is 9.47 Å². The first-order valence-corrected chi connectivity index (χ1v) is 15.7. The van der Waals surface area contributed by atoms with Gasteiger partial charge in [0.1, 0.15) is 31.3 Å². The number of carbonyl (C=O) groups excluding carboxylic acids is 3. The van der Waals surface area contributed by atoms with Crippen LogP contribution in [-0.4, -0.2) is 98.4 Å². The number of aryl methyl sites for hydroxylation is 2. The zero-order valence-corrected chi connectivity index (χ0v) is 28.5. The number of aliphatic carboxylic acids is 1. The van der Waals surface area contributed by atoms with Gasteiger partial charge in [-0.2, -0.15) is 0 Å². The van der Waals surface area contributed by atoms with Crippen molar-refractivity contribution in [2.24, 2.45) is 11.8 Å². The second-order valence-electron chi connectivity index (χ2n) is 11.3. The van der Waals surface area contributed by atoms with Gasteiger partial charge in [-0.25, -0.2) is 23.5 Å². The summed E-state index contributed by atoms with van der Waals surface area (Å²) in [4.78, 5) is 53.1. The van der Waals surface area contributed by atoms with E-state index in [1.54, 1.807) is 11.8 Å². The van der Waals surface area contributed by atoms with Crippen molar-refractivity contribution in [3.8, 4) is 0 Å². The standard InChI is InChI=1S/C30H41N5O8S.HI/c1-5-14-42-29(40)31-9-7-10-32-12-13-33(18-32)11-8-21-16-22(17-34(21)30(41)43-15-6-2)44-26-19(3)24-23(20(4)36)27(37)35(24)25(26)28(38)39;/h5-6,12-13,18-24,36H,1-2,7-11,14-17H2,3-4H3,(H-,31,38,39,40);1H/t19-,20-,21-,22+,23-,24-;/m1./s1. The number of likely N-dealkylation sites (tertiary alicyclic amines) is 1. The van der Waals surface area contributed by atoms with E-state index < -0.39 is 30.2 Å². The number of nitrogens with one attached hydrogen (secondary N) is 1. The second-order valence-corrected chi connectivity index (χ2v) is 12.6. The molecular weight excluding hydrogens is 717 g/mol. The van der Waals surface area contributed by atoms with E-state index in [2.05, 4.69) is 18.5 Å². The van der Waals surface area contributed by atoms with Crippen molar-refractivity contribution in [1.82, 2.24) is 19.7 Å². The van der Waals surface area contributed by atoms with Crippen LogP contribution in [0.25, 0.3) is 0 Å². The van der Waals surface area contributed by atoms with Crippen molar-refractivity contribution < 1.29 is 67.4 Å². The summed E-state index contributed by atoms with van der Waals surface area (Å²) >= 11 is 1.41. The van der Waals surface area contributed by atoms with E-state index in [0.29, 0.717) is 43.9 Å². The monoisotopic (exact) mass is 759 g/mol. The zero-order valence-electron chi connectivity index (χ0n) is 25.5. The highest BCUT2D eigenvalue weighted by atomic mass is 127. The molecule has 0 aromatic carbocycles. The largest absolute Gasteiger partial charge is 1.00 e. The van der Waals surface area contributed by atoms with Gasteiger partial charge >= 0.3 is 18.2 Å². The number of carbonyl (C=O) groups is 4. The number of carboxylic acid groups (broad SMARTS) is 1. The topological polar surface area (TPSA) is 155 Å². The number of amides is 3. The van der Waals surface area contributed by atoms with Crippen LogP contribution in [0.3, 0.4) is 0 Å². The molecule has 15 heteroatoms. The molecule has 3 amide bonds. The van der Waals surface area contributed by atoms with Gasteiger partial charge < -0.3 is 58.8 Å². The molecule has 3 aliphatic rings. The van der Waals surface area contributed by atoms with Crippen molar-refractivity contribution in [3.05, 3.63) is 54.6 Å². The maximum Gasteiger partial charge on any atom is 0.410 e. The molecule has 0 unspecified atom stereocenters. The Morgan fingerprint density at radius 2 is 1.96 bits per heavy atom. The molecule has 2 saturated heterocycles. The fourth-order valence-electron chi connectivity index (χ4n) is 6.17. The number of hydrogen-bond donors (Lipinski definition) is 3. The van der Waals surface area contributed by atoms with Crippen molar-refractivity contribution in [2.45, 2.75) is 69.6 Å². The molecule has 0 radical (unpaired) electrons.